The summed E-state index contributed by atoms with van der Waals surface area (Å²) in [5.74, 6) is -2.76. The molecule has 1 fully saturated rings. The zero-order valence-corrected chi connectivity index (χ0v) is 23.2. The van der Waals surface area contributed by atoms with Crippen molar-refractivity contribution in [3.63, 3.8) is 0 Å². The summed E-state index contributed by atoms with van der Waals surface area (Å²) in [6.45, 7) is 4.88. The van der Waals surface area contributed by atoms with Crippen LogP contribution in [0.2, 0.25) is 10.0 Å². The lowest BCUT2D eigenvalue weighted by Gasteiger charge is -2.52. The Kier molecular flexibility index (Phi) is 9.27. The number of benzene rings is 2. The highest BCUT2D eigenvalue weighted by Gasteiger charge is 2.52. The molecule has 2 N–H and O–H groups in total. The molecule has 1 amide bonds. The van der Waals surface area contributed by atoms with Gasteiger partial charge in [-0.25, -0.2) is 17.5 Å². The van der Waals surface area contributed by atoms with Crippen molar-refractivity contribution in [2.24, 2.45) is 5.41 Å². The number of carbonyl (C=O) groups is 2. The molecule has 1 heterocycles. The second kappa shape index (κ2) is 11.7. The molecule has 4 atom stereocenters. The van der Waals surface area contributed by atoms with Gasteiger partial charge < -0.3 is 10.0 Å². The number of carboxylic acids is 1. The Balaban J connectivity index is 2.24. The minimum atomic E-state index is -3.56. The van der Waals surface area contributed by atoms with E-state index in [-0.39, 0.29) is 23.7 Å². The van der Waals surface area contributed by atoms with Gasteiger partial charge in [-0.1, -0.05) is 49.2 Å². The Morgan fingerprint density at radius 3 is 2.35 bits per heavy atom. The molecular weight excluding hydrogens is 542 g/mol. The number of hydrogen-bond acceptors (Lipinski definition) is 4. The van der Waals surface area contributed by atoms with Gasteiger partial charge in [-0.2, -0.15) is 0 Å². The standard InChI is InChI=1S/C26H31Cl2FN2O5S/c1-4-21(15-30-37(35,36)5-2)31-24(16-6-8-18(27)9-7-16)22(17-10-19(28)12-20(29)11-17)13-26(3,25(31)34)14-23(32)33/h6-12,21-22,24,30H,4-5,13-15H2,1-3H3,(H,32,33)/t21-,22-,24-,26-/m1/s1. The lowest BCUT2D eigenvalue weighted by atomic mass is 9.67. The number of carbonyl (C=O) groups excluding carboxylic acids is 1. The van der Waals surface area contributed by atoms with Crippen LogP contribution in [-0.4, -0.2) is 48.6 Å². The van der Waals surface area contributed by atoms with E-state index in [9.17, 15) is 27.5 Å². The summed E-state index contributed by atoms with van der Waals surface area (Å²) >= 11 is 12.3. The minimum Gasteiger partial charge on any atom is -0.481 e. The topological polar surface area (TPSA) is 104 Å². The first-order valence-corrected chi connectivity index (χ1v) is 14.4. The number of aliphatic carboxylic acids is 1. The fourth-order valence-corrected chi connectivity index (χ4v) is 6.10. The number of likely N-dealkylation sites (tertiary alicyclic amines) is 1. The van der Waals surface area contributed by atoms with E-state index in [1.807, 2.05) is 6.92 Å². The van der Waals surface area contributed by atoms with Crippen LogP contribution < -0.4 is 4.72 Å². The summed E-state index contributed by atoms with van der Waals surface area (Å²) in [7, 11) is -3.56. The first-order chi connectivity index (χ1) is 17.3. The number of sulfonamides is 1. The summed E-state index contributed by atoms with van der Waals surface area (Å²) in [5.41, 5.74) is -0.102. The van der Waals surface area contributed by atoms with Gasteiger partial charge in [-0.3, -0.25) is 9.59 Å². The van der Waals surface area contributed by atoms with Crippen molar-refractivity contribution in [2.45, 2.75) is 58.0 Å². The molecule has 0 radical (unpaired) electrons. The van der Waals surface area contributed by atoms with Gasteiger partial charge in [0.1, 0.15) is 5.82 Å². The van der Waals surface area contributed by atoms with Crippen molar-refractivity contribution in [2.75, 3.05) is 12.3 Å². The average Bonchev–Trinajstić information content (AvgIpc) is 2.81. The molecule has 11 heteroatoms. The van der Waals surface area contributed by atoms with Crippen LogP contribution in [0, 0.1) is 11.2 Å². The fourth-order valence-electron chi connectivity index (χ4n) is 5.10. The van der Waals surface area contributed by atoms with Crippen molar-refractivity contribution in [1.29, 1.82) is 0 Å². The van der Waals surface area contributed by atoms with Gasteiger partial charge >= 0.3 is 5.97 Å². The third kappa shape index (κ3) is 6.82. The SMILES string of the molecule is CC[C@H](CNS(=O)(=O)CC)N1C(=O)[C@@](C)(CC(=O)O)C[C@H](c2cc(F)cc(Cl)c2)[C@H]1c1ccc(Cl)cc1. The van der Waals surface area contributed by atoms with Crippen LogP contribution in [0.5, 0.6) is 0 Å². The van der Waals surface area contributed by atoms with Gasteiger partial charge in [0.2, 0.25) is 15.9 Å². The van der Waals surface area contributed by atoms with E-state index in [0.29, 0.717) is 22.6 Å². The van der Waals surface area contributed by atoms with Crippen molar-refractivity contribution in [1.82, 2.24) is 9.62 Å². The van der Waals surface area contributed by atoms with E-state index in [1.165, 1.54) is 19.1 Å². The van der Waals surface area contributed by atoms with Gasteiger partial charge in [0.25, 0.3) is 0 Å². The molecule has 0 bridgehead atoms. The second-order valence-corrected chi connectivity index (χ2v) is 12.6. The molecule has 0 aromatic heterocycles. The van der Waals surface area contributed by atoms with E-state index in [4.69, 9.17) is 23.2 Å². The molecule has 0 unspecified atom stereocenters. The van der Waals surface area contributed by atoms with Crippen molar-refractivity contribution in [3.8, 4) is 0 Å². The van der Waals surface area contributed by atoms with Crippen molar-refractivity contribution in [3.05, 3.63) is 69.5 Å². The average molecular weight is 574 g/mol. The Morgan fingerprint density at radius 2 is 1.81 bits per heavy atom. The smallest absolute Gasteiger partial charge is 0.304 e. The zero-order chi connectivity index (χ0) is 27.5. The summed E-state index contributed by atoms with van der Waals surface area (Å²) in [5, 5.41) is 10.3. The molecule has 202 valence electrons. The molecule has 2 aromatic carbocycles. The third-order valence-corrected chi connectivity index (χ3v) is 8.79. The normalized spacial score (nSPS) is 23.2. The molecule has 3 rings (SSSR count). The van der Waals surface area contributed by atoms with Crippen LogP contribution in [0.15, 0.2) is 42.5 Å². The highest BCUT2D eigenvalue weighted by molar-refractivity contribution is 7.89. The fraction of sp³-hybridized carbons (Fsp3) is 0.462. The first-order valence-electron chi connectivity index (χ1n) is 12.0. The van der Waals surface area contributed by atoms with Crippen LogP contribution in [0.4, 0.5) is 4.39 Å². The Morgan fingerprint density at radius 1 is 1.16 bits per heavy atom. The molecule has 1 aliphatic heterocycles. The predicted octanol–water partition coefficient (Wildman–Crippen LogP) is 5.39. The molecule has 1 aliphatic rings. The maximum absolute atomic E-state index is 14.5. The molecule has 37 heavy (non-hydrogen) atoms. The number of carboxylic acid groups (broad SMARTS) is 1. The van der Waals surface area contributed by atoms with E-state index in [0.717, 1.165) is 0 Å². The minimum absolute atomic E-state index is 0.0533. The summed E-state index contributed by atoms with van der Waals surface area (Å²) in [6, 6.07) is 9.79. The first kappa shape index (κ1) is 29.4. The third-order valence-electron chi connectivity index (χ3n) is 6.95. The maximum atomic E-state index is 14.5. The largest absolute Gasteiger partial charge is 0.481 e. The van der Waals surface area contributed by atoms with Crippen LogP contribution in [0.25, 0.3) is 0 Å². The Bertz CT molecular complexity index is 1240. The number of amides is 1. The quantitative estimate of drug-likeness (QED) is 0.397. The van der Waals surface area contributed by atoms with Crippen molar-refractivity contribution < 1.29 is 27.5 Å². The van der Waals surface area contributed by atoms with Crippen LogP contribution in [0.1, 0.15) is 63.1 Å². The van der Waals surface area contributed by atoms with E-state index < -0.39 is 57.6 Å². The monoisotopic (exact) mass is 572 g/mol. The van der Waals surface area contributed by atoms with Gasteiger partial charge in [0.15, 0.2) is 0 Å². The second-order valence-electron chi connectivity index (χ2n) is 9.67. The summed E-state index contributed by atoms with van der Waals surface area (Å²) < 4.78 is 41.6. The highest BCUT2D eigenvalue weighted by Crippen LogP contribution is 2.52. The number of hydrogen-bond donors (Lipinski definition) is 2. The highest BCUT2D eigenvalue weighted by atomic mass is 35.5. The molecule has 0 saturated carbocycles. The maximum Gasteiger partial charge on any atom is 0.304 e. The molecule has 7 nitrogen and oxygen atoms in total. The predicted molar refractivity (Wildman–Crippen MR) is 142 cm³/mol. The van der Waals surface area contributed by atoms with E-state index in [1.54, 1.807) is 42.2 Å². The van der Waals surface area contributed by atoms with Crippen LogP contribution in [0.3, 0.4) is 0 Å². The summed E-state index contributed by atoms with van der Waals surface area (Å²) in [6.07, 6.45) is 0.0764. The van der Waals surface area contributed by atoms with Gasteiger partial charge in [0, 0.05) is 28.5 Å². The Hall–Kier alpha value is -2.20. The molecule has 2 aromatic rings. The molecule has 0 spiro atoms. The van der Waals surface area contributed by atoms with E-state index in [2.05, 4.69) is 4.72 Å². The van der Waals surface area contributed by atoms with Gasteiger partial charge in [-0.15, -0.1) is 0 Å². The Labute approximate surface area is 227 Å². The number of halogens is 3. The van der Waals surface area contributed by atoms with Crippen LogP contribution >= 0.6 is 23.2 Å². The number of nitrogens with zero attached hydrogens (tertiary/aromatic N) is 1. The summed E-state index contributed by atoms with van der Waals surface area (Å²) in [4.78, 5) is 27.5. The van der Waals surface area contributed by atoms with Crippen molar-refractivity contribution >= 4 is 45.1 Å². The van der Waals surface area contributed by atoms with Crippen LogP contribution in [-0.2, 0) is 19.6 Å². The van der Waals surface area contributed by atoms with Gasteiger partial charge in [0.05, 0.1) is 23.6 Å². The number of nitrogens with one attached hydrogen (secondary N) is 1. The molecule has 0 aliphatic carbocycles. The lowest BCUT2D eigenvalue weighted by Crippen LogP contribution is -2.58. The zero-order valence-electron chi connectivity index (χ0n) is 20.9. The van der Waals surface area contributed by atoms with Gasteiger partial charge in [-0.05, 0) is 61.2 Å². The molecular formula is C26H31Cl2FN2O5S. The molecule has 1 saturated heterocycles. The number of rotatable bonds is 10. The lowest BCUT2D eigenvalue weighted by molar-refractivity contribution is -0.160. The van der Waals surface area contributed by atoms with E-state index >= 15 is 0 Å². The number of piperidine rings is 1.